The Morgan fingerprint density at radius 3 is 1.72 bits per heavy atom. The lowest BCUT2D eigenvalue weighted by Crippen LogP contribution is -1.98. The molecule has 2 aromatic rings. The molecule has 2 rings (SSSR count). The SMILES string of the molecule is CCCCCCOc1ccc2cc(OCCCCCCBr)ccc2c1. The lowest BCUT2D eigenvalue weighted by Gasteiger charge is -2.09. The van der Waals surface area contributed by atoms with E-state index >= 15 is 0 Å². The number of alkyl halides is 1. The minimum atomic E-state index is 0.798. The molecule has 0 aliphatic heterocycles. The number of benzene rings is 2. The fraction of sp³-hybridized carbons (Fsp3) is 0.545. The van der Waals surface area contributed by atoms with E-state index in [1.165, 1.54) is 49.3 Å². The lowest BCUT2D eigenvalue weighted by molar-refractivity contribution is 0.304. The molecule has 0 radical (unpaired) electrons. The predicted molar refractivity (Wildman–Crippen MR) is 111 cm³/mol. The van der Waals surface area contributed by atoms with Gasteiger partial charge >= 0.3 is 0 Å². The number of hydrogen-bond donors (Lipinski definition) is 0. The Morgan fingerprint density at radius 1 is 0.680 bits per heavy atom. The Bertz CT molecular complexity index is 612. The zero-order chi connectivity index (χ0) is 17.7. The van der Waals surface area contributed by atoms with E-state index in [0.717, 1.165) is 42.9 Å². The summed E-state index contributed by atoms with van der Waals surface area (Å²) < 4.78 is 11.8. The van der Waals surface area contributed by atoms with Crippen molar-refractivity contribution in [1.29, 1.82) is 0 Å². The van der Waals surface area contributed by atoms with Crippen LogP contribution >= 0.6 is 15.9 Å². The Morgan fingerprint density at radius 2 is 1.20 bits per heavy atom. The number of halogens is 1. The summed E-state index contributed by atoms with van der Waals surface area (Å²) in [6.45, 7) is 3.83. The van der Waals surface area contributed by atoms with Gasteiger partial charge in [0.2, 0.25) is 0 Å². The van der Waals surface area contributed by atoms with Gasteiger partial charge in [0, 0.05) is 5.33 Å². The molecule has 0 saturated heterocycles. The molecule has 0 bridgehead atoms. The molecule has 25 heavy (non-hydrogen) atoms. The van der Waals surface area contributed by atoms with Gasteiger partial charge in [-0.15, -0.1) is 0 Å². The standard InChI is InChI=1S/C22H31BrO2/c1-2-3-4-8-15-24-21-12-10-20-18-22(13-11-19(20)17-21)25-16-9-6-5-7-14-23/h10-13,17-18H,2-9,14-16H2,1H3. The Kier molecular flexibility index (Phi) is 9.79. The summed E-state index contributed by atoms with van der Waals surface area (Å²) in [5.41, 5.74) is 0. The van der Waals surface area contributed by atoms with Crippen LogP contribution in [0.4, 0.5) is 0 Å². The molecule has 138 valence electrons. The second kappa shape index (κ2) is 12.2. The molecule has 0 heterocycles. The fourth-order valence-electron chi connectivity index (χ4n) is 2.84. The first kappa shape index (κ1) is 20.1. The van der Waals surface area contributed by atoms with Gasteiger partial charge < -0.3 is 9.47 Å². The van der Waals surface area contributed by atoms with Crippen molar-refractivity contribution in [2.45, 2.75) is 58.3 Å². The second-order valence-electron chi connectivity index (χ2n) is 6.53. The van der Waals surface area contributed by atoms with Gasteiger partial charge in [-0.2, -0.15) is 0 Å². The maximum Gasteiger partial charge on any atom is 0.119 e. The largest absolute Gasteiger partial charge is 0.494 e. The molecule has 0 aliphatic rings. The molecule has 2 aromatic carbocycles. The first-order valence-corrected chi connectivity index (χ1v) is 10.8. The first-order valence-electron chi connectivity index (χ1n) is 9.69. The van der Waals surface area contributed by atoms with Crippen LogP contribution < -0.4 is 9.47 Å². The minimum absolute atomic E-state index is 0.798. The van der Waals surface area contributed by atoms with Crippen molar-refractivity contribution in [1.82, 2.24) is 0 Å². The van der Waals surface area contributed by atoms with Crippen LogP contribution in [-0.4, -0.2) is 18.5 Å². The van der Waals surface area contributed by atoms with Crippen molar-refractivity contribution >= 4 is 26.7 Å². The van der Waals surface area contributed by atoms with E-state index in [9.17, 15) is 0 Å². The monoisotopic (exact) mass is 406 g/mol. The molecule has 0 aliphatic carbocycles. The van der Waals surface area contributed by atoms with Crippen molar-refractivity contribution in [2.24, 2.45) is 0 Å². The molecular formula is C22H31BrO2. The van der Waals surface area contributed by atoms with E-state index in [4.69, 9.17) is 9.47 Å². The average Bonchev–Trinajstić information content (AvgIpc) is 2.64. The van der Waals surface area contributed by atoms with Crippen LogP contribution in [0, 0.1) is 0 Å². The van der Waals surface area contributed by atoms with Gasteiger partial charge in [0.25, 0.3) is 0 Å². The third kappa shape index (κ3) is 7.68. The smallest absolute Gasteiger partial charge is 0.119 e. The number of hydrogen-bond acceptors (Lipinski definition) is 2. The molecule has 0 unspecified atom stereocenters. The van der Waals surface area contributed by atoms with Crippen LogP contribution in [0.5, 0.6) is 11.5 Å². The van der Waals surface area contributed by atoms with E-state index in [0.29, 0.717) is 0 Å². The third-order valence-corrected chi connectivity index (χ3v) is 4.91. The summed E-state index contributed by atoms with van der Waals surface area (Å²) in [6, 6.07) is 12.6. The summed E-state index contributed by atoms with van der Waals surface area (Å²) in [7, 11) is 0. The Hall–Kier alpha value is -1.22. The quantitative estimate of drug-likeness (QED) is 0.260. The fourth-order valence-corrected chi connectivity index (χ4v) is 3.24. The van der Waals surface area contributed by atoms with Crippen molar-refractivity contribution in [3.63, 3.8) is 0 Å². The maximum absolute atomic E-state index is 5.88. The lowest BCUT2D eigenvalue weighted by atomic mass is 10.1. The summed E-state index contributed by atoms with van der Waals surface area (Å²) in [4.78, 5) is 0. The van der Waals surface area contributed by atoms with E-state index in [2.05, 4.69) is 59.3 Å². The zero-order valence-electron chi connectivity index (χ0n) is 15.4. The van der Waals surface area contributed by atoms with Crippen LogP contribution in [0.15, 0.2) is 36.4 Å². The van der Waals surface area contributed by atoms with Crippen LogP contribution in [0.25, 0.3) is 10.8 Å². The average molecular weight is 407 g/mol. The second-order valence-corrected chi connectivity index (χ2v) is 7.32. The summed E-state index contributed by atoms with van der Waals surface area (Å²) >= 11 is 3.47. The third-order valence-electron chi connectivity index (χ3n) is 4.35. The van der Waals surface area contributed by atoms with Gasteiger partial charge in [-0.1, -0.05) is 67.1 Å². The van der Waals surface area contributed by atoms with Crippen LogP contribution in [0.3, 0.4) is 0 Å². The molecule has 0 aromatic heterocycles. The van der Waals surface area contributed by atoms with E-state index in [1.807, 2.05) is 0 Å². The molecule has 0 fully saturated rings. The van der Waals surface area contributed by atoms with Gasteiger partial charge in [0.1, 0.15) is 11.5 Å². The van der Waals surface area contributed by atoms with Crippen LogP contribution in [-0.2, 0) is 0 Å². The predicted octanol–water partition coefficient (Wildman–Crippen LogP) is 7.13. The van der Waals surface area contributed by atoms with Crippen LogP contribution in [0.2, 0.25) is 0 Å². The highest BCUT2D eigenvalue weighted by Crippen LogP contribution is 2.25. The molecule has 2 nitrogen and oxygen atoms in total. The van der Waals surface area contributed by atoms with Gasteiger partial charge in [-0.05, 0) is 54.3 Å². The minimum Gasteiger partial charge on any atom is -0.494 e. The molecule has 0 saturated carbocycles. The van der Waals surface area contributed by atoms with Gasteiger partial charge in [0.05, 0.1) is 13.2 Å². The van der Waals surface area contributed by atoms with Crippen molar-refractivity contribution in [3.05, 3.63) is 36.4 Å². The summed E-state index contributed by atoms with van der Waals surface area (Å²) in [5.74, 6) is 1.92. The number of rotatable bonds is 13. The Balaban J connectivity index is 1.79. The number of fused-ring (bicyclic) bond motifs is 1. The highest BCUT2D eigenvalue weighted by atomic mass is 79.9. The van der Waals surface area contributed by atoms with Crippen molar-refractivity contribution < 1.29 is 9.47 Å². The number of ether oxygens (including phenoxy) is 2. The zero-order valence-corrected chi connectivity index (χ0v) is 17.0. The van der Waals surface area contributed by atoms with E-state index in [-0.39, 0.29) is 0 Å². The number of unbranched alkanes of at least 4 members (excludes halogenated alkanes) is 6. The molecule has 3 heteroatoms. The van der Waals surface area contributed by atoms with Crippen LogP contribution in [0.1, 0.15) is 58.3 Å². The van der Waals surface area contributed by atoms with Crippen molar-refractivity contribution in [2.75, 3.05) is 18.5 Å². The summed E-state index contributed by atoms with van der Waals surface area (Å²) in [5, 5.41) is 3.51. The molecule has 0 atom stereocenters. The highest BCUT2D eigenvalue weighted by Gasteiger charge is 2.01. The molecule has 0 amide bonds. The highest BCUT2D eigenvalue weighted by molar-refractivity contribution is 9.09. The van der Waals surface area contributed by atoms with Gasteiger partial charge in [0.15, 0.2) is 0 Å². The van der Waals surface area contributed by atoms with E-state index < -0.39 is 0 Å². The molecule has 0 N–H and O–H groups in total. The molecular weight excluding hydrogens is 376 g/mol. The van der Waals surface area contributed by atoms with E-state index in [1.54, 1.807) is 0 Å². The van der Waals surface area contributed by atoms with Gasteiger partial charge in [-0.3, -0.25) is 0 Å². The topological polar surface area (TPSA) is 18.5 Å². The molecule has 0 spiro atoms. The summed E-state index contributed by atoms with van der Waals surface area (Å²) in [6.07, 6.45) is 9.81. The normalized spacial score (nSPS) is 11.0. The maximum atomic E-state index is 5.88. The van der Waals surface area contributed by atoms with Gasteiger partial charge in [-0.25, -0.2) is 0 Å². The van der Waals surface area contributed by atoms with Crippen molar-refractivity contribution in [3.8, 4) is 11.5 Å². The Labute approximate surface area is 161 Å². The first-order chi connectivity index (χ1) is 12.3.